The Hall–Kier alpha value is -1.57. The van der Waals surface area contributed by atoms with Crippen molar-refractivity contribution in [1.82, 2.24) is 5.53 Å². The van der Waals surface area contributed by atoms with E-state index in [1.807, 2.05) is 6.07 Å². The number of piperidine rings is 1. The molecule has 1 aliphatic heterocycles. The minimum atomic E-state index is -4.07. The van der Waals surface area contributed by atoms with Crippen LogP contribution in [0, 0.1) is 5.92 Å². The molecule has 1 saturated heterocycles. The molecule has 0 radical (unpaired) electrons. The predicted octanol–water partition coefficient (Wildman–Crippen LogP) is -0.966. The summed E-state index contributed by atoms with van der Waals surface area (Å²) in [6.45, 7) is 2.63. The van der Waals surface area contributed by atoms with Crippen LogP contribution in [0.2, 0.25) is 0 Å². The number of anilines is 1. The van der Waals surface area contributed by atoms with Crippen molar-refractivity contribution < 1.29 is 8.42 Å². The number of hydrazone groups is 1. The molecular weight excluding hydrogens is 400 g/mol. The lowest BCUT2D eigenvalue weighted by Gasteiger charge is -2.35. The van der Waals surface area contributed by atoms with Gasteiger partial charge in [0.25, 0.3) is 0 Å². The molecular formula is C16H30N8O2S2. The molecule has 0 atom stereocenters. The lowest BCUT2D eigenvalue weighted by Crippen LogP contribution is -2.38. The van der Waals surface area contributed by atoms with Crippen molar-refractivity contribution in [2.24, 2.45) is 39.2 Å². The van der Waals surface area contributed by atoms with Crippen LogP contribution in [0.5, 0.6) is 0 Å². The third kappa shape index (κ3) is 5.49. The maximum Gasteiger partial charge on any atom is 0.239 e. The Morgan fingerprint density at radius 2 is 1.96 bits per heavy atom. The van der Waals surface area contributed by atoms with Crippen LogP contribution < -0.4 is 38.6 Å². The zero-order valence-corrected chi connectivity index (χ0v) is 17.4. The first-order valence-corrected chi connectivity index (χ1v) is 11.6. The number of benzene rings is 1. The number of sulfonamides is 1. The largest absolute Gasteiger partial charge is 0.382 e. The van der Waals surface area contributed by atoms with Gasteiger partial charge in [0.2, 0.25) is 10.0 Å². The van der Waals surface area contributed by atoms with E-state index in [2.05, 4.69) is 15.5 Å². The standard InChI is InChI=1S/C16H30N8O2S2/c17-6-1-9-27-13-3-2-12(24-7-4-11(10-18)5-8-24)14(16(19)22-23-20)15(13)28(21,25)26/h2-3,11,23H,1,4-10,17-18,20H2,(H2,19,22)(H2,21,25,26). The van der Waals surface area contributed by atoms with E-state index in [9.17, 15) is 8.42 Å². The van der Waals surface area contributed by atoms with Gasteiger partial charge in [0, 0.05) is 23.7 Å². The summed E-state index contributed by atoms with van der Waals surface area (Å²) in [4.78, 5) is 2.56. The van der Waals surface area contributed by atoms with Crippen LogP contribution in [0.15, 0.2) is 27.0 Å². The molecule has 1 heterocycles. The highest BCUT2D eigenvalue weighted by Gasteiger charge is 2.28. The van der Waals surface area contributed by atoms with Gasteiger partial charge >= 0.3 is 0 Å². The molecule has 0 amide bonds. The average Bonchev–Trinajstić information content (AvgIpc) is 2.67. The van der Waals surface area contributed by atoms with Crippen molar-refractivity contribution in [2.45, 2.75) is 29.1 Å². The van der Waals surface area contributed by atoms with Crippen LogP contribution in [0.4, 0.5) is 5.69 Å². The van der Waals surface area contributed by atoms with Crippen LogP contribution >= 0.6 is 11.8 Å². The Labute approximate surface area is 170 Å². The van der Waals surface area contributed by atoms with Gasteiger partial charge < -0.3 is 22.1 Å². The van der Waals surface area contributed by atoms with Crippen molar-refractivity contribution in [3.05, 3.63) is 17.7 Å². The van der Waals surface area contributed by atoms with Gasteiger partial charge in [-0.15, -0.1) is 16.9 Å². The third-order valence-corrected chi connectivity index (χ3v) is 6.99. The van der Waals surface area contributed by atoms with E-state index in [1.54, 1.807) is 6.07 Å². The Balaban J connectivity index is 2.57. The molecule has 11 N–H and O–H groups in total. The quantitative estimate of drug-likeness (QED) is 0.0714. The van der Waals surface area contributed by atoms with E-state index < -0.39 is 10.0 Å². The lowest BCUT2D eigenvalue weighted by atomic mass is 9.96. The fraction of sp³-hybridized carbons (Fsp3) is 0.562. The fourth-order valence-electron chi connectivity index (χ4n) is 3.26. The number of nitrogens with two attached hydrogens (primary N) is 5. The minimum absolute atomic E-state index is 0.0375. The Morgan fingerprint density at radius 3 is 2.50 bits per heavy atom. The third-order valence-electron chi connectivity index (χ3n) is 4.72. The van der Waals surface area contributed by atoms with E-state index in [0.29, 0.717) is 35.3 Å². The summed E-state index contributed by atoms with van der Waals surface area (Å²) < 4.78 is 25.0. The molecule has 0 spiro atoms. The van der Waals surface area contributed by atoms with Gasteiger partial charge in [-0.2, -0.15) is 0 Å². The minimum Gasteiger partial charge on any atom is -0.382 e. The summed E-state index contributed by atoms with van der Waals surface area (Å²) >= 11 is 1.37. The molecule has 2 rings (SSSR count). The molecule has 10 nitrogen and oxygen atoms in total. The lowest BCUT2D eigenvalue weighted by molar-refractivity contribution is 0.414. The van der Waals surface area contributed by atoms with Crippen molar-refractivity contribution in [2.75, 3.05) is 36.8 Å². The molecule has 0 bridgehead atoms. The highest BCUT2D eigenvalue weighted by molar-refractivity contribution is 8.00. The van der Waals surface area contributed by atoms with Crippen LogP contribution in [0.3, 0.4) is 0 Å². The number of primary sulfonamides is 1. The molecule has 1 aromatic carbocycles. The number of rotatable bonds is 9. The summed E-state index contributed by atoms with van der Waals surface area (Å²) in [7, 11) is -4.07. The topological polar surface area (TPSA) is 192 Å². The van der Waals surface area contributed by atoms with Gasteiger partial charge in [-0.1, -0.05) is 0 Å². The van der Waals surface area contributed by atoms with Crippen LogP contribution in [0.25, 0.3) is 0 Å². The van der Waals surface area contributed by atoms with Crippen molar-refractivity contribution in [3.8, 4) is 0 Å². The molecule has 28 heavy (non-hydrogen) atoms. The molecule has 1 aromatic rings. The highest BCUT2D eigenvalue weighted by Crippen LogP contribution is 2.36. The molecule has 0 saturated carbocycles. The molecule has 12 heteroatoms. The van der Waals surface area contributed by atoms with Crippen LogP contribution in [-0.4, -0.2) is 46.2 Å². The monoisotopic (exact) mass is 430 g/mol. The number of hydrogen-bond acceptors (Lipinski definition) is 9. The fourth-order valence-corrected chi connectivity index (χ4v) is 5.56. The zero-order valence-electron chi connectivity index (χ0n) is 15.8. The second-order valence-electron chi connectivity index (χ2n) is 6.61. The summed E-state index contributed by atoms with van der Waals surface area (Å²) in [6.07, 6.45) is 2.58. The normalized spacial score (nSPS) is 16.4. The number of nitrogens with zero attached hydrogens (tertiary/aromatic N) is 2. The first kappa shape index (κ1) is 22.7. The van der Waals surface area contributed by atoms with Gasteiger partial charge in [0.1, 0.15) is 4.90 Å². The van der Waals surface area contributed by atoms with E-state index >= 15 is 0 Å². The summed E-state index contributed by atoms with van der Waals surface area (Å²) in [5.41, 5.74) is 20.5. The SMILES string of the molecule is NCCCSc1ccc(N2CCC(CN)CC2)c(/C(N)=N/NN)c1S(N)(=O)=O. The Morgan fingerprint density at radius 1 is 1.29 bits per heavy atom. The number of amidine groups is 1. The van der Waals surface area contributed by atoms with Crippen molar-refractivity contribution in [1.29, 1.82) is 0 Å². The Bertz CT molecular complexity index is 792. The summed E-state index contributed by atoms with van der Waals surface area (Å²) in [6, 6.07) is 3.62. The van der Waals surface area contributed by atoms with Crippen molar-refractivity contribution >= 4 is 33.3 Å². The zero-order chi connectivity index (χ0) is 20.7. The molecule has 0 unspecified atom stereocenters. The second-order valence-corrected chi connectivity index (χ2v) is 9.25. The maximum atomic E-state index is 12.5. The first-order valence-electron chi connectivity index (χ1n) is 9.10. The highest BCUT2D eigenvalue weighted by atomic mass is 32.2. The molecule has 0 aliphatic carbocycles. The number of hydrogen-bond donors (Lipinski definition) is 6. The Kier molecular flexibility index (Phi) is 8.34. The summed E-state index contributed by atoms with van der Waals surface area (Å²) in [5.74, 6) is 6.36. The molecule has 158 valence electrons. The van der Waals surface area contributed by atoms with Crippen molar-refractivity contribution in [3.63, 3.8) is 0 Å². The summed E-state index contributed by atoms with van der Waals surface area (Å²) in [5, 5.41) is 9.40. The predicted molar refractivity (Wildman–Crippen MR) is 114 cm³/mol. The smallest absolute Gasteiger partial charge is 0.239 e. The average molecular weight is 431 g/mol. The van der Waals surface area contributed by atoms with E-state index in [0.717, 1.165) is 32.4 Å². The van der Waals surface area contributed by atoms with E-state index in [1.165, 1.54) is 11.8 Å². The van der Waals surface area contributed by atoms with Crippen LogP contribution in [0.1, 0.15) is 24.8 Å². The molecule has 0 aromatic heterocycles. The number of thioether (sulfide) groups is 1. The van der Waals surface area contributed by atoms with E-state index in [-0.39, 0.29) is 16.3 Å². The molecule has 1 aliphatic rings. The second kappa shape index (κ2) is 10.3. The number of hydrazine groups is 1. The molecule has 1 fully saturated rings. The van der Waals surface area contributed by atoms with Gasteiger partial charge in [-0.05, 0) is 56.2 Å². The van der Waals surface area contributed by atoms with E-state index in [4.69, 9.17) is 28.2 Å². The first-order chi connectivity index (χ1) is 13.3. The number of nitrogens with one attached hydrogen (secondary N) is 1. The van der Waals surface area contributed by atoms with Gasteiger partial charge in [-0.25, -0.2) is 24.9 Å². The van der Waals surface area contributed by atoms with Gasteiger partial charge in [0.15, 0.2) is 5.84 Å². The van der Waals surface area contributed by atoms with Gasteiger partial charge in [-0.3, -0.25) is 0 Å². The van der Waals surface area contributed by atoms with Crippen LogP contribution in [-0.2, 0) is 10.0 Å². The van der Waals surface area contributed by atoms with Gasteiger partial charge in [0.05, 0.1) is 5.56 Å². The maximum absolute atomic E-state index is 12.5.